The van der Waals surface area contributed by atoms with Gasteiger partial charge in [0, 0.05) is 56.8 Å². The molecule has 0 amide bonds. The maximum absolute atomic E-state index is 5.97. The Hall–Kier alpha value is -1.44. The summed E-state index contributed by atoms with van der Waals surface area (Å²) in [5, 5.41) is 3.52. The number of guanidine groups is 1. The molecule has 2 saturated heterocycles. The van der Waals surface area contributed by atoms with Gasteiger partial charge in [-0.1, -0.05) is 12.1 Å². The Labute approximate surface area is 173 Å². The zero-order chi connectivity index (χ0) is 19.8. The first kappa shape index (κ1) is 21.3. The lowest BCUT2D eigenvalue weighted by atomic mass is 10.2. The quantitative estimate of drug-likeness (QED) is 0.578. The second-order valence-corrected chi connectivity index (χ2v) is 9.68. The van der Waals surface area contributed by atoms with Crippen LogP contribution in [0, 0.1) is 0 Å². The zero-order valence-corrected chi connectivity index (χ0v) is 18.3. The molecule has 1 N–H and O–H groups in total. The number of aliphatic imine (C=N–C) groups is 1. The minimum Gasteiger partial charge on any atom is -0.492 e. The Balaban J connectivity index is 1.46. The zero-order valence-electron chi connectivity index (χ0n) is 17.4. The van der Waals surface area contributed by atoms with Gasteiger partial charge >= 0.3 is 0 Å². The van der Waals surface area contributed by atoms with Crippen molar-refractivity contribution in [3.05, 3.63) is 29.8 Å². The van der Waals surface area contributed by atoms with E-state index < -0.39 is 0 Å². The Kier molecular flexibility index (Phi) is 7.88. The number of hydrogen-bond donors (Lipinski definition) is 1. The molecule has 2 heterocycles. The smallest absolute Gasteiger partial charge is 0.193 e. The largest absolute Gasteiger partial charge is 0.492 e. The van der Waals surface area contributed by atoms with Crippen LogP contribution >= 0.6 is 11.8 Å². The molecule has 2 aliphatic rings. The Morgan fingerprint density at radius 1 is 1.29 bits per heavy atom. The molecule has 0 aromatic heterocycles. The average Bonchev–Trinajstić information content (AvgIpc) is 2.69. The summed E-state index contributed by atoms with van der Waals surface area (Å²) in [7, 11) is 1.86. The van der Waals surface area contributed by atoms with Crippen molar-refractivity contribution in [3.63, 3.8) is 0 Å². The van der Waals surface area contributed by atoms with Crippen LogP contribution in [0.1, 0.15) is 19.4 Å². The molecule has 0 radical (unpaired) electrons. The third-order valence-corrected chi connectivity index (χ3v) is 6.36. The van der Waals surface area contributed by atoms with E-state index in [1.807, 2.05) is 24.9 Å². The molecule has 2 aliphatic heterocycles. The first-order chi connectivity index (χ1) is 13.6. The number of morpholine rings is 1. The van der Waals surface area contributed by atoms with Gasteiger partial charge in [-0.25, -0.2) is 0 Å². The lowest BCUT2D eigenvalue weighted by molar-refractivity contribution is 0.0322. The van der Waals surface area contributed by atoms with Crippen molar-refractivity contribution in [1.82, 2.24) is 15.1 Å². The Bertz CT molecular complexity index is 647. The van der Waals surface area contributed by atoms with Crippen molar-refractivity contribution in [3.8, 4) is 5.75 Å². The predicted octanol–water partition coefficient (Wildman–Crippen LogP) is 2.30. The standard InChI is InChI=1S/C21H34N4O2S/c1-21(2)17-25(10-14-28-21)20(22-3)23-16-18-5-4-6-19(15-18)27-13-9-24-7-11-26-12-8-24/h4-6,15H,7-14,16-17H2,1-3H3,(H,22,23). The van der Waals surface area contributed by atoms with Crippen LogP contribution in [0.15, 0.2) is 29.3 Å². The molecular weight excluding hydrogens is 372 g/mol. The van der Waals surface area contributed by atoms with Gasteiger partial charge in [0.15, 0.2) is 5.96 Å². The van der Waals surface area contributed by atoms with Crippen LogP contribution in [-0.2, 0) is 11.3 Å². The first-order valence-corrected chi connectivity index (χ1v) is 11.2. The van der Waals surface area contributed by atoms with Crippen molar-refractivity contribution in [2.24, 2.45) is 4.99 Å². The highest BCUT2D eigenvalue weighted by molar-refractivity contribution is 8.00. The number of nitrogens with zero attached hydrogens (tertiary/aromatic N) is 3. The van der Waals surface area contributed by atoms with E-state index in [1.54, 1.807) is 0 Å². The maximum atomic E-state index is 5.97. The van der Waals surface area contributed by atoms with Gasteiger partial charge in [0.2, 0.25) is 0 Å². The summed E-state index contributed by atoms with van der Waals surface area (Å²) in [6.07, 6.45) is 0. The third-order valence-electron chi connectivity index (χ3n) is 5.07. The highest BCUT2D eigenvalue weighted by Gasteiger charge is 2.28. The van der Waals surface area contributed by atoms with Crippen LogP contribution in [0.4, 0.5) is 0 Å². The average molecular weight is 407 g/mol. The van der Waals surface area contributed by atoms with Crippen LogP contribution in [0.5, 0.6) is 5.75 Å². The van der Waals surface area contributed by atoms with Gasteiger partial charge in [0.05, 0.1) is 13.2 Å². The molecular formula is C21H34N4O2S. The number of hydrogen-bond acceptors (Lipinski definition) is 5. The molecule has 1 aromatic carbocycles. The highest BCUT2D eigenvalue weighted by atomic mass is 32.2. The fourth-order valence-corrected chi connectivity index (χ4v) is 4.68. The van der Waals surface area contributed by atoms with Crippen LogP contribution in [0.2, 0.25) is 0 Å². The highest BCUT2D eigenvalue weighted by Crippen LogP contribution is 2.29. The number of ether oxygens (including phenoxy) is 2. The summed E-state index contributed by atoms with van der Waals surface area (Å²) in [5.74, 6) is 3.05. The number of nitrogens with one attached hydrogen (secondary N) is 1. The molecule has 0 aliphatic carbocycles. The Morgan fingerprint density at radius 2 is 2.11 bits per heavy atom. The molecule has 6 nitrogen and oxygen atoms in total. The summed E-state index contributed by atoms with van der Waals surface area (Å²) in [5.41, 5.74) is 1.20. The van der Waals surface area contributed by atoms with Crippen molar-refractivity contribution in [2.45, 2.75) is 25.1 Å². The van der Waals surface area contributed by atoms with Crippen molar-refractivity contribution < 1.29 is 9.47 Å². The number of benzene rings is 1. The number of rotatable bonds is 6. The normalized spacial score (nSPS) is 20.8. The lowest BCUT2D eigenvalue weighted by Crippen LogP contribution is -2.50. The second-order valence-electron chi connectivity index (χ2n) is 7.88. The van der Waals surface area contributed by atoms with Gasteiger partial charge in [-0.05, 0) is 31.5 Å². The third kappa shape index (κ3) is 6.57. The van der Waals surface area contributed by atoms with E-state index in [0.717, 1.165) is 69.9 Å². The van der Waals surface area contributed by atoms with Crippen LogP contribution in [-0.4, -0.2) is 85.9 Å². The second kappa shape index (κ2) is 10.4. The summed E-state index contributed by atoms with van der Waals surface area (Å²) in [6.45, 7) is 12.7. The fraction of sp³-hybridized carbons (Fsp3) is 0.667. The van der Waals surface area contributed by atoms with E-state index in [9.17, 15) is 0 Å². The molecule has 28 heavy (non-hydrogen) atoms. The molecule has 1 aromatic rings. The summed E-state index contributed by atoms with van der Waals surface area (Å²) in [6, 6.07) is 8.34. The lowest BCUT2D eigenvalue weighted by Gasteiger charge is -2.39. The van der Waals surface area contributed by atoms with Gasteiger partial charge in [-0.3, -0.25) is 9.89 Å². The summed E-state index contributed by atoms with van der Waals surface area (Å²) >= 11 is 2.03. The molecule has 0 saturated carbocycles. The van der Waals surface area contributed by atoms with E-state index in [2.05, 4.69) is 52.2 Å². The van der Waals surface area contributed by atoms with E-state index in [1.165, 1.54) is 5.56 Å². The molecule has 0 atom stereocenters. The molecule has 0 spiro atoms. The SMILES string of the molecule is CN=C(NCc1cccc(OCCN2CCOCC2)c1)N1CCSC(C)(C)C1. The van der Waals surface area contributed by atoms with Crippen LogP contribution in [0.3, 0.4) is 0 Å². The maximum Gasteiger partial charge on any atom is 0.193 e. The van der Waals surface area contributed by atoms with Gasteiger partial charge < -0.3 is 19.7 Å². The molecule has 156 valence electrons. The van der Waals surface area contributed by atoms with E-state index in [0.29, 0.717) is 6.61 Å². The van der Waals surface area contributed by atoms with Crippen molar-refractivity contribution >= 4 is 17.7 Å². The summed E-state index contributed by atoms with van der Waals surface area (Å²) in [4.78, 5) is 9.24. The van der Waals surface area contributed by atoms with Crippen LogP contribution < -0.4 is 10.1 Å². The molecule has 0 bridgehead atoms. The van der Waals surface area contributed by atoms with Gasteiger partial charge in [-0.15, -0.1) is 0 Å². The first-order valence-electron chi connectivity index (χ1n) is 10.2. The topological polar surface area (TPSA) is 49.3 Å². The fourth-order valence-electron chi connectivity index (χ4n) is 3.57. The minimum absolute atomic E-state index is 0.268. The summed E-state index contributed by atoms with van der Waals surface area (Å²) < 4.78 is 11.6. The Morgan fingerprint density at radius 3 is 2.86 bits per heavy atom. The van der Waals surface area contributed by atoms with E-state index >= 15 is 0 Å². The molecule has 2 fully saturated rings. The minimum atomic E-state index is 0.268. The molecule has 3 rings (SSSR count). The van der Waals surface area contributed by atoms with E-state index in [-0.39, 0.29) is 4.75 Å². The monoisotopic (exact) mass is 406 g/mol. The molecule has 0 unspecified atom stereocenters. The van der Waals surface area contributed by atoms with Crippen molar-refractivity contribution in [1.29, 1.82) is 0 Å². The van der Waals surface area contributed by atoms with Crippen LogP contribution in [0.25, 0.3) is 0 Å². The number of thioether (sulfide) groups is 1. The molecule has 7 heteroatoms. The van der Waals surface area contributed by atoms with Gasteiger partial charge in [-0.2, -0.15) is 11.8 Å². The van der Waals surface area contributed by atoms with E-state index in [4.69, 9.17) is 9.47 Å². The van der Waals surface area contributed by atoms with Gasteiger partial charge in [0.1, 0.15) is 12.4 Å². The van der Waals surface area contributed by atoms with Crippen molar-refractivity contribution in [2.75, 3.05) is 65.3 Å². The predicted molar refractivity (Wildman–Crippen MR) is 118 cm³/mol. The van der Waals surface area contributed by atoms with Gasteiger partial charge in [0.25, 0.3) is 0 Å².